The summed E-state index contributed by atoms with van der Waals surface area (Å²) in [6, 6.07) is 5.03. The van der Waals surface area contributed by atoms with E-state index in [1.807, 2.05) is 13.0 Å². The molecule has 0 amide bonds. The molecule has 0 fully saturated rings. The molecule has 1 aromatic carbocycles. The SMILES string of the molecule is Cc1ccc(-n2cncc2C(N)CC(C)C)c(F)c1. The van der Waals surface area contributed by atoms with Gasteiger partial charge in [0.05, 0.1) is 23.9 Å². The highest BCUT2D eigenvalue weighted by atomic mass is 19.1. The van der Waals surface area contributed by atoms with Crippen molar-refractivity contribution in [2.45, 2.75) is 33.2 Å². The summed E-state index contributed by atoms with van der Waals surface area (Å²) in [5.41, 5.74) is 8.41. The normalized spacial score (nSPS) is 12.9. The van der Waals surface area contributed by atoms with Crippen LogP contribution in [0.2, 0.25) is 0 Å². The van der Waals surface area contributed by atoms with Crippen LogP contribution in [0.4, 0.5) is 4.39 Å². The van der Waals surface area contributed by atoms with E-state index in [-0.39, 0.29) is 11.9 Å². The van der Waals surface area contributed by atoms with Crippen LogP contribution < -0.4 is 5.73 Å². The molecule has 0 radical (unpaired) electrons. The molecule has 4 heteroatoms. The van der Waals surface area contributed by atoms with Crippen LogP contribution in [-0.2, 0) is 0 Å². The minimum absolute atomic E-state index is 0.136. The van der Waals surface area contributed by atoms with Crippen molar-refractivity contribution in [1.82, 2.24) is 9.55 Å². The Kier molecular flexibility index (Phi) is 4.00. The molecule has 2 N–H and O–H groups in total. The van der Waals surface area contributed by atoms with Crippen LogP contribution in [0.25, 0.3) is 5.69 Å². The van der Waals surface area contributed by atoms with Gasteiger partial charge in [-0.1, -0.05) is 19.9 Å². The average Bonchev–Trinajstić information content (AvgIpc) is 2.76. The van der Waals surface area contributed by atoms with E-state index in [0.717, 1.165) is 17.7 Å². The molecular formula is C15H20FN3. The molecule has 0 aliphatic carbocycles. The molecule has 19 heavy (non-hydrogen) atoms. The first-order valence-corrected chi connectivity index (χ1v) is 6.53. The van der Waals surface area contributed by atoms with Gasteiger partial charge in [0, 0.05) is 6.04 Å². The first-order chi connectivity index (χ1) is 8.99. The fourth-order valence-electron chi connectivity index (χ4n) is 2.22. The second-order valence-corrected chi connectivity index (χ2v) is 5.38. The highest BCUT2D eigenvalue weighted by Gasteiger charge is 2.16. The molecule has 1 aromatic heterocycles. The minimum atomic E-state index is -0.254. The van der Waals surface area contributed by atoms with E-state index in [0.29, 0.717) is 11.6 Å². The minimum Gasteiger partial charge on any atom is -0.323 e. The fourth-order valence-corrected chi connectivity index (χ4v) is 2.22. The van der Waals surface area contributed by atoms with Gasteiger partial charge in [-0.3, -0.25) is 4.57 Å². The van der Waals surface area contributed by atoms with Crippen molar-refractivity contribution < 1.29 is 4.39 Å². The number of aryl methyl sites for hydroxylation is 1. The smallest absolute Gasteiger partial charge is 0.147 e. The van der Waals surface area contributed by atoms with E-state index in [9.17, 15) is 4.39 Å². The number of rotatable bonds is 4. The van der Waals surface area contributed by atoms with Crippen molar-refractivity contribution in [1.29, 1.82) is 0 Å². The van der Waals surface area contributed by atoms with Gasteiger partial charge >= 0.3 is 0 Å². The molecule has 1 atom stereocenters. The molecule has 0 saturated heterocycles. The molecule has 0 spiro atoms. The number of hydrogen-bond donors (Lipinski definition) is 1. The summed E-state index contributed by atoms with van der Waals surface area (Å²) in [5, 5.41) is 0. The fraction of sp³-hybridized carbons (Fsp3) is 0.400. The lowest BCUT2D eigenvalue weighted by Gasteiger charge is -2.17. The molecule has 1 heterocycles. The topological polar surface area (TPSA) is 43.8 Å². The van der Waals surface area contributed by atoms with Gasteiger partial charge in [-0.15, -0.1) is 0 Å². The Morgan fingerprint density at radius 3 is 2.74 bits per heavy atom. The van der Waals surface area contributed by atoms with Crippen molar-refractivity contribution in [3.63, 3.8) is 0 Å². The van der Waals surface area contributed by atoms with E-state index in [4.69, 9.17) is 5.73 Å². The molecule has 0 saturated carbocycles. The number of hydrogen-bond acceptors (Lipinski definition) is 2. The maximum absolute atomic E-state index is 14.0. The molecular weight excluding hydrogens is 241 g/mol. The van der Waals surface area contributed by atoms with Crippen LogP contribution in [0.3, 0.4) is 0 Å². The maximum atomic E-state index is 14.0. The zero-order chi connectivity index (χ0) is 14.0. The number of halogens is 1. The summed E-state index contributed by atoms with van der Waals surface area (Å²) in [6.45, 7) is 6.10. The third-order valence-corrected chi connectivity index (χ3v) is 3.14. The average molecular weight is 261 g/mol. The zero-order valence-electron chi connectivity index (χ0n) is 11.6. The summed E-state index contributed by atoms with van der Waals surface area (Å²) in [4.78, 5) is 4.11. The lowest BCUT2D eigenvalue weighted by Crippen LogP contribution is -2.17. The van der Waals surface area contributed by atoms with Crippen LogP contribution >= 0.6 is 0 Å². The molecule has 0 bridgehead atoms. The quantitative estimate of drug-likeness (QED) is 0.917. The van der Waals surface area contributed by atoms with Gasteiger partial charge in [0.25, 0.3) is 0 Å². The number of aromatic nitrogens is 2. The van der Waals surface area contributed by atoms with E-state index in [2.05, 4.69) is 18.8 Å². The van der Waals surface area contributed by atoms with Crippen LogP contribution in [0, 0.1) is 18.7 Å². The van der Waals surface area contributed by atoms with Gasteiger partial charge in [0.1, 0.15) is 5.82 Å². The second kappa shape index (κ2) is 5.53. The van der Waals surface area contributed by atoms with Gasteiger partial charge in [-0.25, -0.2) is 9.37 Å². The van der Waals surface area contributed by atoms with Crippen LogP contribution in [0.5, 0.6) is 0 Å². The summed E-state index contributed by atoms with van der Waals surface area (Å²) in [6.07, 6.45) is 4.18. The maximum Gasteiger partial charge on any atom is 0.147 e. The third kappa shape index (κ3) is 3.01. The van der Waals surface area contributed by atoms with Crippen LogP contribution in [-0.4, -0.2) is 9.55 Å². The first-order valence-electron chi connectivity index (χ1n) is 6.53. The Labute approximate surface area is 113 Å². The van der Waals surface area contributed by atoms with Crippen molar-refractivity contribution in [3.8, 4) is 5.69 Å². The van der Waals surface area contributed by atoms with E-state index < -0.39 is 0 Å². The predicted octanol–water partition coefficient (Wildman–Crippen LogP) is 3.37. The van der Waals surface area contributed by atoms with Gasteiger partial charge in [-0.2, -0.15) is 0 Å². The summed E-state index contributed by atoms with van der Waals surface area (Å²) >= 11 is 0. The zero-order valence-corrected chi connectivity index (χ0v) is 11.6. The first kappa shape index (κ1) is 13.7. The Morgan fingerprint density at radius 2 is 2.11 bits per heavy atom. The molecule has 102 valence electrons. The Hall–Kier alpha value is -1.68. The van der Waals surface area contributed by atoms with Gasteiger partial charge in [0.2, 0.25) is 0 Å². The van der Waals surface area contributed by atoms with E-state index in [1.54, 1.807) is 23.2 Å². The van der Waals surface area contributed by atoms with Crippen LogP contribution in [0.15, 0.2) is 30.7 Å². The molecule has 0 aliphatic heterocycles. The van der Waals surface area contributed by atoms with E-state index >= 15 is 0 Å². The van der Waals surface area contributed by atoms with Crippen LogP contribution in [0.1, 0.15) is 37.6 Å². The lowest BCUT2D eigenvalue weighted by molar-refractivity contribution is 0.496. The van der Waals surface area contributed by atoms with Gasteiger partial charge in [-0.05, 0) is 37.0 Å². The van der Waals surface area contributed by atoms with Crippen molar-refractivity contribution in [3.05, 3.63) is 47.8 Å². The Morgan fingerprint density at radius 1 is 1.37 bits per heavy atom. The summed E-state index contributed by atoms with van der Waals surface area (Å²) < 4.78 is 15.8. The Bertz CT molecular complexity index is 560. The Balaban J connectivity index is 2.38. The lowest BCUT2D eigenvalue weighted by atomic mass is 10.0. The van der Waals surface area contributed by atoms with Crippen molar-refractivity contribution in [2.75, 3.05) is 0 Å². The standard InChI is InChI=1S/C15H20FN3/c1-10(2)6-13(17)15-8-18-9-19(15)14-5-4-11(3)7-12(14)16/h4-5,7-10,13H,6,17H2,1-3H3. The monoisotopic (exact) mass is 261 g/mol. The van der Waals surface area contributed by atoms with Gasteiger partial charge < -0.3 is 5.73 Å². The predicted molar refractivity (Wildman–Crippen MR) is 74.6 cm³/mol. The third-order valence-electron chi connectivity index (χ3n) is 3.14. The van der Waals surface area contributed by atoms with Crippen molar-refractivity contribution in [2.24, 2.45) is 11.7 Å². The molecule has 1 unspecified atom stereocenters. The number of imidazole rings is 1. The number of nitrogens with two attached hydrogens (primary N) is 1. The second-order valence-electron chi connectivity index (χ2n) is 5.38. The molecule has 3 nitrogen and oxygen atoms in total. The number of nitrogens with zero attached hydrogens (tertiary/aromatic N) is 2. The summed E-state index contributed by atoms with van der Waals surface area (Å²) in [5.74, 6) is 0.234. The van der Waals surface area contributed by atoms with E-state index in [1.165, 1.54) is 6.07 Å². The highest BCUT2D eigenvalue weighted by Crippen LogP contribution is 2.23. The van der Waals surface area contributed by atoms with Crippen molar-refractivity contribution >= 4 is 0 Å². The largest absolute Gasteiger partial charge is 0.323 e. The van der Waals surface area contributed by atoms with Gasteiger partial charge in [0.15, 0.2) is 0 Å². The summed E-state index contributed by atoms with van der Waals surface area (Å²) in [7, 11) is 0. The highest BCUT2D eigenvalue weighted by molar-refractivity contribution is 5.38. The molecule has 0 aliphatic rings. The molecule has 2 aromatic rings. The molecule has 2 rings (SSSR count). The number of benzene rings is 1.